The van der Waals surface area contributed by atoms with Crippen molar-refractivity contribution in [2.24, 2.45) is 4.99 Å². The number of allylic oxidation sites excluding steroid dienone is 5. The zero-order valence-corrected chi connectivity index (χ0v) is 18.3. The predicted molar refractivity (Wildman–Crippen MR) is 121 cm³/mol. The number of amides is 1. The highest BCUT2D eigenvalue weighted by Crippen LogP contribution is 2.34. The fourth-order valence-corrected chi connectivity index (χ4v) is 3.68. The summed E-state index contributed by atoms with van der Waals surface area (Å²) in [6.45, 7) is 0.277. The Morgan fingerprint density at radius 3 is 2.65 bits per heavy atom. The van der Waals surface area contributed by atoms with Gasteiger partial charge in [0.15, 0.2) is 0 Å². The molecule has 1 amide bonds. The number of fused-ring (bicyclic) bond motifs is 1. The Balaban J connectivity index is 1.43. The van der Waals surface area contributed by atoms with E-state index in [0.717, 1.165) is 16.8 Å². The molecule has 2 aliphatic rings. The minimum atomic E-state index is -4.67. The average Bonchev–Trinajstić information content (AvgIpc) is 3.04. The summed E-state index contributed by atoms with van der Waals surface area (Å²) in [5.74, 6) is 0.164. The highest BCUT2D eigenvalue weighted by Gasteiger charge is 2.32. The van der Waals surface area contributed by atoms with E-state index in [1.165, 1.54) is 12.3 Å². The first-order chi connectivity index (χ1) is 16.3. The van der Waals surface area contributed by atoms with Gasteiger partial charge in [0.1, 0.15) is 18.1 Å². The van der Waals surface area contributed by atoms with Crippen molar-refractivity contribution in [3.05, 3.63) is 89.0 Å². The molecule has 0 radical (unpaired) electrons. The number of carbonyl (C=O) groups excluding carboxylic acids is 1. The van der Waals surface area contributed by atoms with Crippen LogP contribution >= 0.6 is 0 Å². The van der Waals surface area contributed by atoms with Crippen LogP contribution in [-0.4, -0.2) is 37.1 Å². The van der Waals surface area contributed by atoms with Crippen LogP contribution in [0.15, 0.2) is 77.2 Å². The van der Waals surface area contributed by atoms with Gasteiger partial charge in [-0.3, -0.25) is 14.8 Å². The Kier molecular flexibility index (Phi) is 6.81. The summed E-state index contributed by atoms with van der Waals surface area (Å²) in [4.78, 5) is 20.8. The predicted octanol–water partition coefficient (Wildman–Crippen LogP) is 5.36. The maximum Gasteiger partial charge on any atom is 0.572 e. The first kappa shape index (κ1) is 23.3. The Morgan fingerprint density at radius 1 is 1.18 bits per heavy atom. The Bertz CT molecular complexity index is 1180. The number of nitrogens with zero attached hydrogens (tertiary/aromatic N) is 2. The highest BCUT2D eigenvalue weighted by atomic mass is 19.4. The molecule has 0 saturated heterocycles. The molecule has 0 spiro atoms. The number of rotatable bonds is 6. The third kappa shape index (κ3) is 5.72. The maximum atomic E-state index is 12.3. The maximum absolute atomic E-state index is 12.3. The van der Waals surface area contributed by atoms with E-state index in [-0.39, 0.29) is 30.6 Å². The summed E-state index contributed by atoms with van der Waals surface area (Å²) in [6, 6.07) is 9.25. The number of pyridine rings is 1. The molecular formula is C25H22F3N3O3. The van der Waals surface area contributed by atoms with Gasteiger partial charge in [-0.15, -0.1) is 13.2 Å². The summed E-state index contributed by atoms with van der Waals surface area (Å²) in [6.07, 6.45) is 5.91. The van der Waals surface area contributed by atoms with E-state index in [4.69, 9.17) is 4.74 Å². The standard InChI is InChI=1S/C25H22F3N3O3/c1-29-24(32)18-13-22-23(31-14-18)21(3-2-12-30-22)17-6-10-19(11-7-17)33-15-16-4-8-20(9-5-16)34-25(26,27)28/h2-4,6-8,10-14,21H,5,9,15H2,1H3,(H,29,32). The third-order valence-electron chi connectivity index (χ3n) is 5.39. The van der Waals surface area contributed by atoms with Gasteiger partial charge in [0.05, 0.1) is 16.9 Å². The summed E-state index contributed by atoms with van der Waals surface area (Å²) >= 11 is 0. The minimum absolute atomic E-state index is 0.0997. The summed E-state index contributed by atoms with van der Waals surface area (Å²) in [5.41, 5.74) is 3.66. The molecule has 1 N–H and O–H groups in total. The second-order valence-corrected chi connectivity index (χ2v) is 7.71. The second-order valence-electron chi connectivity index (χ2n) is 7.71. The number of benzene rings is 1. The van der Waals surface area contributed by atoms with Crippen LogP contribution < -0.4 is 10.1 Å². The van der Waals surface area contributed by atoms with Crippen LogP contribution in [-0.2, 0) is 4.74 Å². The summed E-state index contributed by atoms with van der Waals surface area (Å²) in [5, 5.41) is 2.58. The molecule has 1 atom stereocenters. The van der Waals surface area contributed by atoms with Gasteiger partial charge in [0.2, 0.25) is 0 Å². The van der Waals surface area contributed by atoms with Crippen LogP contribution in [0.2, 0.25) is 0 Å². The highest BCUT2D eigenvalue weighted by molar-refractivity contribution is 5.95. The molecule has 34 heavy (non-hydrogen) atoms. The Hall–Kier alpha value is -3.88. The number of nitrogens with one attached hydrogen (secondary N) is 1. The molecule has 1 aliphatic heterocycles. The van der Waals surface area contributed by atoms with Crippen molar-refractivity contribution in [2.45, 2.75) is 25.1 Å². The van der Waals surface area contributed by atoms with E-state index in [2.05, 4.69) is 20.0 Å². The van der Waals surface area contributed by atoms with Gasteiger partial charge < -0.3 is 14.8 Å². The number of halogens is 3. The molecule has 176 valence electrons. The monoisotopic (exact) mass is 469 g/mol. The topological polar surface area (TPSA) is 72.8 Å². The number of hydrogen-bond donors (Lipinski definition) is 1. The second kappa shape index (κ2) is 9.94. The van der Waals surface area contributed by atoms with Crippen molar-refractivity contribution < 1.29 is 27.4 Å². The van der Waals surface area contributed by atoms with Crippen LogP contribution in [0, 0.1) is 0 Å². The van der Waals surface area contributed by atoms with Crippen molar-refractivity contribution in [3.63, 3.8) is 0 Å². The van der Waals surface area contributed by atoms with Crippen molar-refractivity contribution in [1.82, 2.24) is 10.3 Å². The molecule has 1 aromatic carbocycles. The third-order valence-corrected chi connectivity index (χ3v) is 5.39. The fourth-order valence-electron chi connectivity index (χ4n) is 3.68. The van der Waals surface area contributed by atoms with Crippen LogP contribution in [0.3, 0.4) is 0 Å². The van der Waals surface area contributed by atoms with Crippen LogP contribution in [0.5, 0.6) is 5.75 Å². The van der Waals surface area contributed by atoms with Gasteiger partial charge >= 0.3 is 6.36 Å². The minimum Gasteiger partial charge on any atom is -0.489 e. The van der Waals surface area contributed by atoms with Gasteiger partial charge in [0, 0.05) is 31.8 Å². The molecule has 4 rings (SSSR count). The lowest BCUT2D eigenvalue weighted by atomic mass is 9.93. The molecule has 0 saturated carbocycles. The van der Waals surface area contributed by atoms with E-state index in [0.29, 0.717) is 23.4 Å². The normalized spacial score (nSPS) is 17.2. The van der Waals surface area contributed by atoms with Crippen molar-refractivity contribution >= 4 is 17.8 Å². The van der Waals surface area contributed by atoms with E-state index in [1.807, 2.05) is 36.4 Å². The molecular weight excluding hydrogens is 447 g/mol. The van der Waals surface area contributed by atoms with Crippen molar-refractivity contribution in [2.75, 3.05) is 13.7 Å². The van der Waals surface area contributed by atoms with Gasteiger partial charge in [-0.2, -0.15) is 0 Å². The largest absolute Gasteiger partial charge is 0.572 e. The number of aliphatic imine (C=N–C) groups is 1. The van der Waals surface area contributed by atoms with Crippen LogP contribution in [0.4, 0.5) is 18.9 Å². The van der Waals surface area contributed by atoms with Crippen molar-refractivity contribution in [1.29, 1.82) is 0 Å². The lowest BCUT2D eigenvalue weighted by Crippen LogP contribution is -2.18. The molecule has 1 aromatic heterocycles. The zero-order valence-electron chi connectivity index (χ0n) is 18.3. The molecule has 2 heterocycles. The number of hydrogen-bond acceptors (Lipinski definition) is 5. The van der Waals surface area contributed by atoms with E-state index in [1.54, 1.807) is 25.4 Å². The van der Waals surface area contributed by atoms with Gasteiger partial charge in [0.25, 0.3) is 5.91 Å². The molecule has 0 bridgehead atoms. The molecule has 9 heteroatoms. The molecule has 6 nitrogen and oxygen atoms in total. The first-order valence-electron chi connectivity index (χ1n) is 10.6. The first-order valence-corrected chi connectivity index (χ1v) is 10.6. The molecule has 1 unspecified atom stereocenters. The fraction of sp³-hybridized carbons (Fsp3) is 0.240. The van der Waals surface area contributed by atoms with Gasteiger partial charge in [-0.1, -0.05) is 24.3 Å². The number of carbonyl (C=O) groups is 1. The number of aromatic nitrogens is 1. The lowest BCUT2D eigenvalue weighted by molar-refractivity contribution is -0.306. The van der Waals surface area contributed by atoms with Crippen LogP contribution in [0.1, 0.15) is 40.4 Å². The summed E-state index contributed by atoms with van der Waals surface area (Å²) < 4.78 is 46.7. The number of ether oxygens (including phenoxy) is 2. The van der Waals surface area contributed by atoms with E-state index >= 15 is 0 Å². The average molecular weight is 469 g/mol. The van der Waals surface area contributed by atoms with Crippen LogP contribution in [0.25, 0.3) is 0 Å². The van der Waals surface area contributed by atoms with E-state index in [9.17, 15) is 18.0 Å². The quantitative estimate of drug-likeness (QED) is 0.618. The SMILES string of the molecule is CNC(=O)c1cnc2c(c1)N=CC=CC2c1ccc(OCC2=CC=C(OC(F)(F)F)CC2)cc1. The smallest absolute Gasteiger partial charge is 0.489 e. The van der Waals surface area contributed by atoms with Crippen molar-refractivity contribution in [3.8, 4) is 5.75 Å². The summed E-state index contributed by atoms with van der Waals surface area (Å²) in [7, 11) is 1.56. The lowest BCUT2D eigenvalue weighted by Gasteiger charge is -2.18. The molecule has 2 aromatic rings. The van der Waals surface area contributed by atoms with Gasteiger partial charge in [-0.05, 0) is 47.9 Å². The Labute approximate surface area is 194 Å². The number of alkyl halides is 3. The zero-order chi connectivity index (χ0) is 24.1. The molecule has 0 fully saturated rings. The molecule has 1 aliphatic carbocycles. The Morgan fingerprint density at radius 2 is 1.97 bits per heavy atom. The van der Waals surface area contributed by atoms with E-state index < -0.39 is 6.36 Å². The van der Waals surface area contributed by atoms with Gasteiger partial charge in [-0.25, -0.2) is 0 Å².